The van der Waals surface area contributed by atoms with E-state index in [-0.39, 0.29) is 16.3 Å². The standard InChI is InChI=1S/C9H11ClN2O4S2/c10-6-18(15,16)7-1-2-8(11-3-4-17)9(5-7)12(13)14/h1-2,5,11,17H,3-4,6H2. The maximum absolute atomic E-state index is 11.5. The Bertz CT molecular complexity index is 547. The minimum Gasteiger partial charge on any atom is -0.379 e. The molecule has 100 valence electrons. The number of rotatable bonds is 6. The van der Waals surface area contributed by atoms with Crippen molar-refractivity contribution in [2.75, 3.05) is 22.8 Å². The predicted octanol–water partition coefficient (Wildman–Crippen LogP) is 1.91. The zero-order chi connectivity index (χ0) is 13.8. The molecule has 0 fully saturated rings. The number of hydrogen-bond donors (Lipinski definition) is 2. The third kappa shape index (κ3) is 3.50. The Hall–Kier alpha value is -0.990. The monoisotopic (exact) mass is 310 g/mol. The molecule has 18 heavy (non-hydrogen) atoms. The number of thiol groups is 1. The second-order valence-corrected chi connectivity index (χ2v) is 6.33. The van der Waals surface area contributed by atoms with Crippen molar-refractivity contribution in [2.45, 2.75) is 4.90 Å². The molecular weight excluding hydrogens is 300 g/mol. The molecule has 0 spiro atoms. The van der Waals surface area contributed by atoms with Crippen LogP contribution < -0.4 is 5.32 Å². The van der Waals surface area contributed by atoms with Gasteiger partial charge in [0.25, 0.3) is 5.69 Å². The summed E-state index contributed by atoms with van der Waals surface area (Å²) in [5, 5.41) is 13.0. The smallest absolute Gasteiger partial charge is 0.293 e. The fourth-order valence-electron chi connectivity index (χ4n) is 1.26. The molecular formula is C9H11ClN2O4S2. The molecule has 0 heterocycles. The summed E-state index contributed by atoms with van der Waals surface area (Å²) in [6.45, 7) is 0.436. The highest BCUT2D eigenvalue weighted by molar-refractivity contribution is 7.92. The predicted molar refractivity (Wildman–Crippen MR) is 73.3 cm³/mol. The van der Waals surface area contributed by atoms with Gasteiger partial charge >= 0.3 is 0 Å². The molecule has 0 saturated carbocycles. The van der Waals surface area contributed by atoms with E-state index in [1.807, 2.05) is 0 Å². The molecule has 0 amide bonds. The van der Waals surface area contributed by atoms with Crippen LogP contribution in [0.25, 0.3) is 0 Å². The summed E-state index contributed by atoms with van der Waals surface area (Å²) < 4.78 is 23.0. The van der Waals surface area contributed by atoms with Crippen LogP contribution in [-0.4, -0.2) is 30.9 Å². The fourth-order valence-corrected chi connectivity index (χ4v) is 2.44. The molecule has 0 radical (unpaired) electrons. The van der Waals surface area contributed by atoms with Gasteiger partial charge in [0.2, 0.25) is 0 Å². The van der Waals surface area contributed by atoms with Crippen molar-refractivity contribution in [1.29, 1.82) is 0 Å². The first kappa shape index (κ1) is 15.1. The van der Waals surface area contributed by atoms with Gasteiger partial charge in [-0.1, -0.05) is 0 Å². The summed E-state index contributed by atoms with van der Waals surface area (Å²) in [6.07, 6.45) is 0. The van der Waals surface area contributed by atoms with E-state index in [4.69, 9.17) is 11.6 Å². The number of nitrogens with zero attached hydrogens (tertiary/aromatic N) is 1. The normalized spacial score (nSPS) is 11.2. The van der Waals surface area contributed by atoms with E-state index in [1.165, 1.54) is 12.1 Å². The lowest BCUT2D eigenvalue weighted by atomic mass is 10.2. The van der Waals surface area contributed by atoms with Crippen molar-refractivity contribution in [3.63, 3.8) is 0 Å². The largest absolute Gasteiger partial charge is 0.379 e. The van der Waals surface area contributed by atoms with Crippen LogP contribution in [0.3, 0.4) is 0 Å². The molecule has 0 aliphatic heterocycles. The average molecular weight is 311 g/mol. The Balaban J connectivity index is 3.23. The van der Waals surface area contributed by atoms with Crippen molar-refractivity contribution >= 4 is 45.4 Å². The number of hydrogen-bond acceptors (Lipinski definition) is 6. The number of sulfone groups is 1. The summed E-state index contributed by atoms with van der Waals surface area (Å²) in [5.41, 5.74) is -0.0504. The van der Waals surface area contributed by atoms with Gasteiger partial charge < -0.3 is 5.32 Å². The van der Waals surface area contributed by atoms with E-state index in [1.54, 1.807) is 0 Å². The van der Waals surface area contributed by atoms with Gasteiger partial charge in [-0.05, 0) is 12.1 Å². The van der Waals surface area contributed by atoms with E-state index < -0.39 is 20.0 Å². The van der Waals surface area contributed by atoms with E-state index in [2.05, 4.69) is 17.9 Å². The van der Waals surface area contributed by atoms with Gasteiger partial charge in [0.05, 0.1) is 9.82 Å². The second-order valence-electron chi connectivity index (χ2n) is 3.31. The summed E-state index contributed by atoms with van der Waals surface area (Å²) >= 11 is 9.27. The van der Waals surface area contributed by atoms with Gasteiger partial charge in [-0.25, -0.2) is 8.42 Å². The van der Waals surface area contributed by atoms with Gasteiger partial charge in [-0.2, -0.15) is 12.6 Å². The van der Waals surface area contributed by atoms with Gasteiger partial charge in [-0.15, -0.1) is 11.6 Å². The number of nitrogens with one attached hydrogen (secondary N) is 1. The van der Waals surface area contributed by atoms with Crippen molar-refractivity contribution < 1.29 is 13.3 Å². The van der Waals surface area contributed by atoms with Crippen molar-refractivity contribution in [3.05, 3.63) is 28.3 Å². The van der Waals surface area contributed by atoms with E-state index in [0.717, 1.165) is 6.07 Å². The molecule has 0 aliphatic rings. The van der Waals surface area contributed by atoms with Crippen molar-refractivity contribution in [1.82, 2.24) is 0 Å². The first-order valence-electron chi connectivity index (χ1n) is 4.84. The van der Waals surface area contributed by atoms with Gasteiger partial charge in [0.1, 0.15) is 10.9 Å². The number of anilines is 1. The van der Waals surface area contributed by atoms with Crippen molar-refractivity contribution in [3.8, 4) is 0 Å². The minimum atomic E-state index is -3.67. The van der Waals surface area contributed by atoms with E-state index in [9.17, 15) is 18.5 Å². The number of nitro groups is 1. The minimum absolute atomic E-state index is 0.166. The summed E-state index contributed by atoms with van der Waals surface area (Å²) in [4.78, 5) is 10.1. The van der Waals surface area contributed by atoms with Gasteiger partial charge in [0.15, 0.2) is 9.84 Å². The SMILES string of the molecule is O=[N+]([O-])c1cc(S(=O)(=O)CCl)ccc1NCCS. The lowest BCUT2D eigenvalue weighted by molar-refractivity contribution is -0.384. The van der Waals surface area contributed by atoms with Crippen molar-refractivity contribution in [2.24, 2.45) is 0 Å². The molecule has 0 atom stereocenters. The maximum Gasteiger partial charge on any atom is 0.293 e. The van der Waals surface area contributed by atoms with Crippen LogP contribution in [0.2, 0.25) is 0 Å². The molecule has 0 bridgehead atoms. The van der Waals surface area contributed by atoms with Crippen LogP contribution in [0.15, 0.2) is 23.1 Å². The van der Waals surface area contributed by atoms with Crippen LogP contribution in [-0.2, 0) is 9.84 Å². The molecule has 1 N–H and O–H groups in total. The molecule has 6 nitrogen and oxygen atoms in total. The third-order valence-electron chi connectivity index (χ3n) is 2.10. The van der Waals surface area contributed by atoms with E-state index in [0.29, 0.717) is 12.3 Å². The fraction of sp³-hybridized carbons (Fsp3) is 0.333. The van der Waals surface area contributed by atoms with Gasteiger partial charge in [-0.3, -0.25) is 10.1 Å². The van der Waals surface area contributed by atoms with Crippen LogP contribution in [0.4, 0.5) is 11.4 Å². The first-order valence-corrected chi connectivity index (χ1v) is 7.66. The molecule has 1 aromatic rings. The number of halogens is 1. The number of alkyl halides is 1. The highest BCUT2D eigenvalue weighted by atomic mass is 35.5. The lowest BCUT2D eigenvalue weighted by Crippen LogP contribution is -2.07. The first-order chi connectivity index (χ1) is 8.42. The zero-order valence-electron chi connectivity index (χ0n) is 9.17. The quantitative estimate of drug-likeness (QED) is 0.362. The zero-order valence-corrected chi connectivity index (χ0v) is 11.6. The molecule has 0 aromatic heterocycles. The van der Waals surface area contributed by atoms with Gasteiger partial charge in [0, 0.05) is 18.4 Å². The number of nitro benzene ring substituents is 1. The third-order valence-corrected chi connectivity index (χ3v) is 4.44. The highest BCUT2D eigenvalue weighted by Gasteiger charge is 2.20. The maximum atomic E-state index is 11.5. The molecule has 1 rings (SSSR count). The summed E-state index contributed by atoms with van der Waals surface area (Å²) in [5.74, 6) is 0.499. The summed E-state index contributed by atoms with van der Waals surface area (Å²) in [7, 11) is -3.67. The van der Waals surface area contributed by atoms with Crippen LogP contribution in [0.5, 0.6) is 0 Å². The Morgan fingerprint density at radius 2 is 2.11 bits per heavy atom. The molecule has 0 unspecified atom stereocenters. The van der Waals surface area contributed by atoms with Crippen LogP contribution in [0.1, 0.15) is 0 Å². The Labute approximate surface area is 115 Å². The highest BCUT2D eigenvalue weighted by Crippen LogP contribution is 2.28. The second kappa shape index (κ2) is 6.26. The van der Waals surface area contributed by atoms with Crippen LogP contribution >= 0.6 is 24.2 Å². The lowest BCUT2D eigenvalue weighted by Gasteiger charge is -2.07. The molecule has 9 heteroatoms. The Morgan fingerprint density at radius 3 is 2.61 bits per heavy atom. The van der Waals surface area contributed by atoms with Crippen LogP contribution in [0, 0.1) is 10.1 Å². The molecule has 0 aliphatic carbocycles. The Kier molecular flexibility index (Phi) is 5.24. The topological polar surface area (TPSA) is 89.3 Å². The molecule has 0 saturated heterocycles. The molecule has 1 aromatic carbocycles. The van der Waals surface area contributed by atoms with E-state index >= 15 is 0 Å². The number of benzene rings is 1. The summed E-state index contributed by atoms with van der Waals surface area (Å²) in [6, 6.07) is 3.63. The average Bonchev–Trinajstić information content (AvgIpc) is 2.35. The Morgan fingerprint density at radius 1 is 1.44 bits per heavy atom.